The third-order valence-electron chi connectivity index (χ3n) is 2.82. The molecule has 0 radical (unpaired) electrons. The van der Waals surface area contributed by atoms with Gasteiger partial charge in [-0.15, -0.1) is 0 Å². The quantitative estimate of drug-likeness (QED) is 0.787. The van der Waals surface area contributed by atoms with E-state index in [1.54, 1.807) is 7.11 Å². The van der Waals surface area contributed by atoms with Gasteiger partial charge in [0.05, 0.1) is 6.61 Å². The van der Waals surface area contributed by atoms with Crippen LogP contribution in [0.2, 0.25) is 0 Å². The number of nitrogens with zero attached hydrogens (tertiary/aromatic N) is 1. The second kappa shape index (κ2) is 4.62. The molecule has 1 N–H and O–H groups in total. The molecule has 0 amide bonds. The van der Waals surface area contributed by atoms with E-state index in [2.05, 4.69) is 28.2 Å². The SMILES string of the molecule is COCCn1cccc1[C@@H]1CCCN1. The van der Waals surface area contributed by atoms with Crippen LogP contribution in [-0.4, -0.2) is 24.8 Å². The average molecular weight is 194 g/mol. The van der Waals surface area contributed by atoms with E-state index in [0.717, 1.165) is 19.7 Å². The molecule has 1 aromatic heterocycles. The van der Waals surface area contributed by atoms with E-state index >= 15 is 0 Å². The maximum atomic E-state index is 5.09. The minimum absolute atomic E-state index is 0.557. The average Bonchev–Trinajstić information content (AvgIpc) is 2.84. The molecular formula is C11H18N2O. The lowest BCUT2D eigenvalue weighted by molar-refractivity contribution is 0.186. The minimum Gasteiger partial charge on any atom is -0.383 e. The molecule has 1 aromatic rings. The number of rotatable bonds is 4. The van der Waals surface area contributed by atoms with Crippen molar-refractivity contribution >= 4 is 0 Å². The van der Waals surface area contributed by atoms with Crippen LogP contribution in [0.5, 0.6) is 0 Å². The summed E-state index contributed by atoms with van der Waals surface area (Å²) in [4.78, 5) is 0. The summed E-state index contributed by atoms with van der Waals surface area (Å²) < 4.78 is 7.38. The molecule has 1 aliphatic rings. The Morgan fingerprint density at radius 2 is 2.57 bits per heavy atom. The second-order valence-electron chi connectivity index (χ2n) is 3.77. The highest BCUT2D eigenvalue weighted by Crippen LogP contribution is 2.23. The molecule has 1 fully saturated rings. The summed E-state index contributed by atoms with van der Waals surface area (Å²) in [5.74, 6) is 0. The van der Waals surface area contributed by atoms with Crippen molar-refractivity contribution in [1.82, 2.24) is 9.88 Å². The van der Waals surface area contributed by atoms with Gasteiger partial charge in [-0.1, -0.05) is 0 Å². The Morgan fingerprint density at radius 1 is 1.64 bits per heavy atom. The molecule has 1 aliphatic heterocycles. The topological polar surface area (TPSA) is 26.2 Å². The maximum absolute atomic E-state index is 5.09. The molecule has 78 valence electrons. The molecule has 0 bridgehead atoms. The van der Waals surface area contributed by atoms with Gasteiger partial charge in [0.15, 0.2) is 0 Å². The van der Waals surface area contributed by atoms with Crippen molar-refractivity contribution in [2.75, 3.05) is 20.3 Å². The van der Waals surface area contributed by atoms with Crippen LogP contribution < -0.4 is 5.32 Å². The summed E-state index contributed by atoms with van der Waals surface area (Å²) in [6.07, 6.45) is 4.69. The Balaban J connectivity index is 2.04. The number of hydrogen-bond donors (Lipinski definition) is 1. The van der Waals surface area contributed by atoms with E-state index in [4.69, 9.17) is 4.74 Å². The number of nitrogens with one attached hydrogen (secondary N) is 1. The summed E-state index contributed by atoms with van der Waals surface area (Å²) in [6.45, 7) is 2.89. The largest absolute Gasteiger partial charge is 0.383 e. The summed E-state index contributed by atoms with van der Waals surface area (Å²) in [7, 11) is 1.75. The first-order valence-electron chi connectivity index (χ1n) is 5.29. The Labute approximate surface area is 85.1 Å². The highest BCUT2D eigenvalue weighted by molar-refractivity contribution is 5.13. The van der Waals surface area contributed by atoms with Crippen LogP contribution in [0, 0.1) is 0 Å². The molecule has 3 nitrogen and oxygen atoms in total. The molecule has 2 heterocycles. The van der Waals surface area contributed by atoms with Crippen LogP contribution in [-0.2, 0) is 11.3 Å². The predicted octanol–water partition coefficient (Wildman–Crippen LogP) is 1.56. The van der Waals surface area contributed by atoms with Gasteiger partial charge in [-0.25, -0.2) is 0 Å². The Hall–Kier alpha value is -0.800. The predicted molar refractivity (Wildman–Crippen MR) is 56.3 cm³/mol. The molecule has 3 heteroatoms. The first kappa shape index (κ1) is 9.74. The van der Waals surface area contributed by atoms with E-state index in [0.29, 0.717) is 6.04 Å². The van der Waals surface area contributed by atoms with Crippen molar-refractivity contribution in [1.29, 1.82) is 0 Å². The van der Waals surface area contributed by atoms with E-state index < -0.39 is 0 Å². The molecule has 0 unspecified atom stereocenters. The number of hydrogen-bond acceptors (Lipinski definition) is 2. The summed E-state index contributed by atoms with van der Waals surface area (Å²) in [6, 6.07) is 4.88. The Morgan fingerprint density at radius 3 is 3.29 bits per heavy atom. The normalized spacial score (nSPS) is 21.6. The van der Waals surface area contributed by atoms with Crippen LogP contribution in [0.4, 0.5) is 0 Å². The van der Waals surface area contributed by atoms with Crippen LogP contribution in [0.25, 0.3) is 0 Å². The van der Waals surface area contributed by atoms with Gasteiger partial charge in [0, 0.05) is 31.6 Å². The zero-order chi connectivity index (χ0) is 9.80. The fourth-order valence-corrected chi connectivity index (χ4v) is 2.07. The van der Waals surface area contributed by atoms with Gasteiger partial charge in [0.2, 0.25) is 0 Å². The molecule has 14 heavy (non-hydrogen) atoms. The van der Waals surface area contributed by atoms with Crippen molar-refractivity contribution in [3.63, 3.8) is 0 Å². The van der Waals surface area contributed by atoms with Crippen molar-refractivity contribution in [3.05, 3.63) is 24.0 Å². The molecule has 0 aromatic carbocycles. The van der Waals surface area contributed by atoms with Crippen LogP contribution >= 0.6 is 0 Å². The van der Waals surface area contributed by atoms with Gasteiger partial charge in [-0.2, -0.15) is 0 Å². The fraction of sp³-hybridized carbons (Fsp3) is 0.636. The lowest BCUT2D eigenvalue weighted by Crippen LogP contribution is -2.17. The number of ether oxygens (including phenoxy) is 1. The van der Waals surface area contributed by atoms with E-state index in [1.165, 1.54) is 18.5 Å². The maximum Gasteiger partial charge on any atom is 0.0641 e. The summed E-state index contributed by atoms with van der Waals surface area (Å²) >= 11 is 0. The van der Waals surface area contributed by atoms with Gasteiger partial charge in [-0.05, 0) is 31.5 Å². The van der Waals surface area contributed by atoms with Crippen molar-refractivity contribution in [2.24, 2.45) is 0 Å². The van der Waals surface area contributed by atoms with Gasteiger partial charge in [-0.3, -0.25) is 0 Å². The lowest BCUT2D eigenvalue weighted by atomic mass is 10.1. The standard InChI is InChI=1S/C11H18N2O/c1-14-9-8-13-7-3-5-11(13)10-4-2-6-12-10/h3,5,7,10,12H,2,4,6,8-9H2,1H3/t10-/m0/s1. The van der Waals surface area contributed by atoms with E-state index in [1.807, 2.05) is 0 Å². The monoisotopic (exact) mass is 194 g/mol. The fourth-order valence-electron chi connectivity index (χ4n) is 2.07. The van der Waals surface area contributed by atoms with Crippen molar-refractivity contribution in [3.8, 4) is 0 Å². The third-order valence-corrected chi connectivity index (χ3v) is 2.82. The molecule has 0 saturated carbocycles. The second-order valence-corrected chi connectivity index (χ2v) is 3.77. The van der Waals surface area contributed by atoms with Gasteiger partial charge in [0.1, 0.15) is 0 Å². The Kier molecular flexibility index (Phi) is 3.22. The first-order chi connectivity index (χ1) is 6.92. The Bertz CT molecular complexity index is 277. The zero-order valence-corrected chi connectivity index (χ0v) is 8.70. The lowest BCUT2D eigenvalue weighted by Gasteiger charge is -2.14. The first-order valence-corrected chi connectivity index (χ1v) is 5.29. The minimum atomic E-state index is 0.557. The molecule has 0 spiro atoms. The van der Waals surface area contributed by atoms with Gasteiger partial charge >= 0.3 is 0 Å². The van der Waals surface area contributed by atoms with Crippen molar-refractivity contribution in [2.45, 2.75) is 25.4 Å². The van der Waals surface area contributed by atoms with Crippen LogP contribution in [0.15, 0.2) is 18.3 Å². The number of aromatic nitrogens is 1. The molecular weight excluding hydrogens is 176 g/mol. The molecule has 0 aliphatic carbocycles. The summed E-state index contributed by atoms with van der Waals surface area (Å²) in [5, 5.41) is 3.51. The smallest absolute Gasteiger partial charge is 0.0641 e. The highest BCUT2D eigenvalue weighted by atomic mass is 16.5. The highest BCUT2D eigenvalue weighted by Gasteiger charge is 2.18. The number of methoxy groups -OCH3 is 1. The summed E-state index contributed by atoms with van der Waals surface area (Å²) in [5.41, 5.74) is 1.40. The molecule has 1 saturated heterocycles. The van der Waals surface area contributed by atoms with E-state index in [9.17, 15) is 0 Å². The molecule has 1 atom stereocenters. The van der Waals surface area contributed by atoms with Gasteiger partial charge in [0.25, 0.3) is 0 Å². The van der Waals surface area contributed by atoms with E-state index in [-0.39, 0.29) is 0 Å². The van der Waals surface area contributed by atoms with Crippen LogP contribution in [0.1, 0.15) is 24.6 Å². The van der Waals surface area contributed by atoms with Crippen LogP contribution in [0.3, 0.4) is 0 Å². The third kappa shape index (κ3) is 1.99. The zero-order valence-electron chi connectivity index (χ0n) is 8.70. The molecule has 2 rings (SSSR count). The van der Waals surface area contributed by atoms with Crippen molar-refractivity contribution < 1.29 is 4.74 Å². The van der Waals surface area contributed by atoms with Gasteiger partial charge < -0.3 is 14.6 Å².